The van der Waals surface area contributed by atoms with Crippen molar-refractivity contribution in [2.24, 2.45) is 7.05 Å². The Kier molecular flexibility index (Phi) is 3.34. The molecule has 0 saturated carbocycles. The van der Waals surface area contributed by atoms with Crippen LogP contribution in [0.1, 0.15) is 30.4 Å². The monoisotopic (exact) mass is 291 g/mol. The van der Waals surface area contributed by atoms with E-state index in [9.17, 15) is 5.11 Å². The fourth-order valence-corrected chi connectivity index (χ4v) is 3.20. The van der Waals surface area contributed by atoms with Crippen LogP contribution in [0.3, 0.4) is 0 Å². The molecule has 0 fully saturated rings. The van der Waals surface area contributed by atoms with Gasteiger partial charge in [0.25, 0.3) is 0 Å². The van der Waals surface area contributed by atoms with Gasteiger partial charge >= 0.3 is 0 Å². The van der Waals surface area contributed by atoms with Crippen molar-refractivity contribution >= 4 is 17.4 Å². The van der Waals surface area contributed by atoms with Crippen LogP contribution in [-0.4, -0.2) is 14.9 Å². The first kappa shape index (κ1) is 13.3. The molecule has 3 rings (SSSR count). The maximum absolute atomic E-state index is 10.4. The van der Waals surface area contributed by atoms with Crippen molar-refractivity contribution in [2.75, 3.05) is 5.73 Å². The van der Waals surface area contributed by atoms with Crippen molar-refractivity contribution in [2.45, 2.75) is 32.1 Å². The first-order chi connectivity index (χ1) is 9.59. The van der Waals surface area contributed by atoms with Crippen LogP contribution in [0.4, 0.5) is 5.82 Å². The number of halogens is 1. The van der Waals surface area contributed by atoms with E-state index in [2.05, 4.69) is 5.10 Å². The summed E-state index contributed by atoms with van der Waals surface area (Å²) in [7, 11) is 1.78. The number of anilines is 1. The van der Waals surface area contributed by atoms with Crippen LogP contribution in [0.25, 0.3) is 11.1 Å². The molecule has 0 saturated heterocycles. The molecule has 0 unspecified atom stereocenters. The lowest BCUT2D eigenvalue weighted by Crippen LogP contribution is -1.99. The normalized spacial score (nSPS) is 14.9. The largest absolute Gasteiger partial charge is 0.506 e. The highest BCUT2D eigenvalue weighted by Gasteiger charge is 2.21. The molecule has 0 bridgehead atoms. The molecular weight excluding hydrogens is 274 g/mol. The Morgan fingerprint density at radius 3 is 2.70 bits per heavy atom. The van der Waals surface area contributed by atoms with Gasteiger partial charge in [0, 0.05) is 18.2 Å². The van der Waals surface area contributed by atoms with Crippen molar-refractivity contribution in [3.63, 3.8) is 0 Å². The standard InChI is InChI=1S/C15H18ClN3O/c1-19-15(17)12(8-18-19)11-7-9-5-3-2-4-6-10(9)13(16)14(11)20/h7-8,20H,2-6,17H2,1H3. The van der Waals surface area contributed by atoms with E-state index in [0.29, 0.717) is 16.4 Å². The first-order valence-corrected chi connectivity index (χ1v) is 7.28. The summed E-state index contributed by atoms with van der Waals surface area (Å²) in [6, 6.07) is 2.02. The van der Waals surface area contributed by atoms with E-state index < -0.39 is 0 Å². The Balaban J connectivity index is 2.20. The van der Waals surface area contributed by atoms with Gasteiger partial charge in [-0.3, -0.25) is 4.68 Å². The van der Waals surface area contributed by atoms with Crippen molar-refractivity contribution in [1.29, 1.82) is 0 Å². The van der Waals surface area contributed by atoms with E-state index in [1.165, 1.54) is 12.0 Å². The minimum absolute atomic E-state index is 0.118. The summed E-state index contributed by atoms with van der Waals surface area (Å²) in [5.41, 5.74) is 9.74. The number of aromatic hydroxyl groups is 1. The van der Waals surface area contributed by atoms with Crippen LogP contribution in [0, 0.1) is 0 Å². The van der Waals surface area contributed by atoms with E-state index in [0.717, 1.165) is 36.8 Å². The van der Waals surface area contributed by atoms with Crippen molar-refractivity contribution in [3.05, 3.63) is 28.4 Å². The highest BCUT2D eigenvalue weighted by Crippen LogP contribution is 2.42. The topological polar surface area (TPSA) is 64.1 Å². The summed E-state index contributed by atoms with van der Waals surface area (Å²) < 4.78 is 1.59. The summed E-state index contributed by atoms with van der Waals surface area (Å²) >= 11 is 6.38. The van der Waals surface area contributed by atoms with Gasteiger partial charge in [-0.25, -0.2) is 0 Å². The van der Waals surface area contributed by atoms with Crippen molar-refractivity contribution in [3.8, 4) is 16.9 Å². The van der Waals surface area contributed by atoms with Crippen LogP contribution >= 0.6 is 11.6 Å². The molecule has 1 aromatic heterocycles. The fraction of sp³-hybridized carbons (Fsp3) is 0.400. The molecule has 0 atom stereocenters. The maximum Gasteiger partial charge on any atom is 0.142 e. The second-order valence-corrected chi connectivity index (χ2v) is 5.73. The fourth-order valence-electron chi connectivity index (χ4n) is 2.88. The van der Waals surface area contributed by atoms with E-state index >= 15 is 0 Å². The van der Waals surface area contributed by atoms with Crippen molar-refractivity contribution < 1.29 is 5.11 Å². The van der Waals surface area contributed by atoms with Gasteiger partial charge < -0.3 is 10.8 Å². The summed E-state index contributed by atoms with van der Waals surface area (Å²) in [5.74, 6) is 0.650. The third-order valence-corrected chi connectivity index (χ3v) is 4.49. The number of aryl methyl sites for hydroxylation is 2. The predicted molar refractivity (Wildman–Crippen MR) is 81.0 cm³/mol. The van der Waals surface area contributed by atoms with Gasteiger partial charge in [-0.2, -0.15) is 5.10 Å². The van der Waals surface area contributed by atoms with E-state index in [1.54, 1.807) is 17.9 Å². The van der Waals surface area contributed by atoms with Gasteiger partial charge in [0.2, 0.25) is 0 Å². The number of nitrogens with zero attached hydrogens (tertiary/aromatic N) is 2. The van der Waals surface area contributed by atoms with Gasteiger partial charge in [-0.1, -0.05) is 18.0 Å². The van der Waals surface area contributed by atoms with Crippen LogP contribution in [0.5, 0.6) is 5.75 Å². The number of nitrogen functional groups attached to an aromatic ring is 1. The molecular formula is C15H18ClN3O. The molecule has 5 heteroatoms. The van der Waals surface area contributed by atoms with Crippen LogP contribution in [0.15, 0.2) is 12.3 Å². The zero-order chi connectivity index (χ0) is 14.3. The minimum Gasteiger partial charge on any atom is -0.506 e. The second-order valence-electron chi connectivity index (χ2n) is 5.35. The number of fused-ring (bicyclic) bond motifs is 1. The Morgan fingerprint density at radius 2 is 2.00 bits per heavy atom. The number of hydrogen-bond donors (Lipinski definition) is 2. The summed E-state index contributed by atoms with van der Waals surface area (Å²) in [6.07, 6.45) is 7.10. The van der Waals surface area contributed by atoms with E-state index in [1.807, 2.05) is 6.07 Å². The summed E-state index contributed by atoms with van der Waals surface area (Å²) in [6.45, 7) is 0. The Bertz CT molecular complexity index is 664. The average molecular weight is 292 g/mol. The molecule has 20 heavy (non-hydrogen) atoms. The minimum atomic E-state index is 0.118. The van der Waals surface area contributed by atoms with Crippen LogP contribution < -0.4 is 5.73 Å². The third-order valence-electron chi connectivity index (χ3n) is 4.08. The zero-order valence-corrected chi connectivity index (χ0v) is 12.2. The molecule has 106 valence electrons. The highest BCUT2D eigenvalue weighted by molar-refractivity contribution is 6.33. The van der Waals surface area contributed by atoms with Gasteiger partial charge in [-0.05, 0) is 42.9 Å². The second kappa shape index (κ2) is 5.02. The Hall–Kier alpha value is -1.68. The van der Waals surface area contributed by atoms with Gasteiger partial charge in [0.15, 0.2) is 0 Å². The van der Waals surface area contributed by atoms with Gasteiger partial charge in [0.05, 0.1) is 11.2 Å². The lowest BCUT2D eigenvalue weighted by Gasteiger charge is -2.14. The third kappa shape index (κ3) is 2.04. The number of hydrogen-bond acceptors (Lipinski definition) is 3. The SMILES string of the molecule is Cn1ncc(-c2cc3c(c(Cl)c2O)CCCCC3)c1N. The highest BCUT2D eigenvalue weighted by atomic mass is 35.5. The number of rotatable bonds is 1. The summed E-state index contributed by atoms with van der Waals surface area (Å²) in [5, 5.41) is 15.0. The Labute approximate surface area is 123 Å². The number of aromatic nitrogens is 2. The molecule has 4 nitrogen and oxygen atoms in total. The smallest absolute Gasteiger partial charge is 0.142 e. The quantitative estimate of drug-likeness (QED) is 0.792. The number of phenols is 1. The number of phenolic OH excluding ortho intramolecular Hbond substituents is 1. The average Bonchev–Trinajstić information content (AvgIpc) is 2.67. The van der Waals surface area contributed by atoms with Crippen LogP contribution in [-0.2, 0) is 19.9 Å². The van der Waals surface area contributed by atoms with Crippen molar-refractivity contribution in [1.82, 2.24) is 9.78 Å². The lowest BCUT2D eigenvalue weighted by atomic mass is 9.96. The lowest BCUT2D eigenvalue weighted by molar-refractivity contribution is 0.476. The molecule has 2 aromatic rings. The molecule has 1 aromatic carbocycles. The van der Waals surface area contributed by atoms with Gasteiger partial charge in [0.1, 0.15) is 11.6 Å². The molecule has 0 aliphatic heterocycles. The zero-order valence-electron chi connectivity index (χ0n) is 11.5. The summed E-state index contributed by atoms with van der Waals surface area (Å²) in [4.78, 5) is 0. The molecule has 1 aliphatic rings. The maximum atomic E-state index is 10.4. The Morgan fingerprint density at radius 1 is 1.25 bits per heavy atom. The number of nitrogens with two attached hydrogens (primary N) is 1. The molecule has 1 heterocycles. The molecule has 1 aliphatic carbocycles. The molecule has 0 radical (unpaired) electrons. The van der Waals surface area contributed by atoms with Crippen LogP contribution in [0.2, 0.25) is 5.02 Å². The van der Waals surface area contributed by atoms with E-state index in [-0.39, 0.29) is 5.75 Å². The van der Waals surface area contributed by atoms with E-state index in [4.69, 9.17) is 17.3 Å². The molecule has 0 spiro atoms. The molecule has 3 N–H and O–H groups in total. The number of benzene rings is 1. The predicted octanol–water partition coefficient (Wildman–Crippen LogP) is 3.30. The molecule has 0 amide bonds. The van der Waals surface area contributed by atoms with Gasteiger partial charge in [-0.15, -0.1) is 0 Å². The first-order valence-electron chi connectivity index (χ1n) is 6.90.